The minimum absolute atomic E-state index is 0.166. The molecule has 1 saturated heterocycles. The summed E-state index contributed by atoms with van der Waals surface area (Å²) in [5, 5.41) is 1.33. The minimum atomic E-state index is -0.576. The molecule has 0 spiro atoms. The van der Waals surface area contributed by atoms with E-state index in [1.165, 1.54) is 12.0 Å². The van der Waals surface area contributed by atoms with Crippen molar-refractivity contribution in [2.45, 2.75) is 19.6 Å². The lowest BCUT2D eigenvalue weighted by Crippen LogP contribution is -2.54. The van der Waals surface area contributed by atoms with Crippen LogP contribution in [0.2, 0.25) is 0 Å². The Morgan fingerprint density at radius 1 is 1.12 bits per heavy atom. The van der Waals surface area contributed by atoms with Crippen LogP contribution in [0.1, 0.15) is 24.2 Å². The van der Waals surface area contributed by atoms with E-state index in [-0.39, 0.29) is 5.91 Å². The Morgan fingerprint density at radius 2 is 1.75 bits per heavy atom. The van der Waals surface area contributed by atoms with Gasteiger partial charge in [-0.05, 0) is 11.1 Å². The van der Waals surface area contributed by atoms with Crippen molar-refractivity contribution in [1.29, 1.82) is 0 Å². The average Bonchev–Trinajstić information content (AvgIpc) is 2.61. The number of hydrogen-bond donors (Lipinski definition) is 0. The highest BCUT2D eigenvalue weighted by molar-refractivity contribution is 5.84. The fourth-order valence-electron chi connectivity index (χ4n) is 2.69. The fraction of sp³-hybridized carbons (Fsp3) is 0.263. The Morgan fingerprint density at radius 3 is 2.33 bits per heavy atom. The number of rotatable bonds is 6. The van der Waals surface area contributed by atoms with E-state index in [9.17, 15) is 9.59 Å². The SMILES string of the molecule is CC(=O)O[C@H](c1ccccc1)[C@@H]1CN(OCc2ccccc2)C1=O. The lowest BCUT2D eigenvalue weighted by Gasteiger charge is -2.40. The quantitative estimate of drug-likeness (QED) is 0.605. The largest absolute Gasteiger partial charge is 0.457 e. The summed E-state index contributed by atoms with van der Waals surface area (Å²) in [4.78, 5) is 29.3. The van der Waals surface area contributed by atoms with E-state index in [1.54, 1.807) is 0 Å². The van der Waals surface area contributed by atoms with Crippen LogP contribution in [-0.4, -0.2) is 23.5 Å². The highest BCUT2D eigenvalue weighted by Crippen LogP contribution is 2.34. The predicted octanol–water partition coefficient (Wildman–Crippen LogP) is 2.88. The van der Waals surface area contributed by atoms with Crippen LogP contribution in [0.25, 0.3) is 0 Å². The van der Waals surface area contributed by atoms with Crippen molar-refractivity contribution < 1.29 is 19.2 Å². The van der Waals surface area contributed by atoms with Gasteiger partial charge in [-0.1, -0.05) is 60.7 Å². The molecule has 0 aromatic heterocycles. The lowest BCUT2D eigenvalue weighted by atomic mass is 9.89. The van der Waals surface area contributed by atoms with Crippen molar-refractivity contribution in [2.24, 2.45) is 5.92 Å². The number of carbonyl (C=O) groups is 2. The van der Waals surface area contributed by atoms with Gasteiger partial charge in [-0.2, -0.15) is 0 Å². The fourth-order valence-corrected chi connectivity index (χ4v) is 2.69. The van der Waals surface area contributed by atoms with Gasteiger partial charge in [0, 0.05) is 6.92 Å². The van der Waals surface area contributed by atoms with Crippen molar-refractivity contribution in [1.82, 2.24) is 5.06 Å². The van der Waals surface area contributed by atoms with Gasteiger partial charge >= 0.3 is 5.97 Å². The first-order valence-electron chi connectivity index (χ1n) is 7.85. The van der Waals surface area contributed by atoms with Gasteiger partial charge in [0.2, 0.25) is 0 Å². The van der Waals surface area contributed by atoms with E-state index in [4.69, 9.17) is 9.57 Å². The second-order valence-corrected chi connectivity index (χ2v) is 5.71. The number of benzene rings is 2. The Bertz CT molecular complexity index is 702. The number of esters is 1. The van der Waals surface area contributed by atoms with Crippen LogP contribution in [0.15, 0.2) is 60.7 Å². The summed E-state index contributed by atoms with van der Waals surface area (Å²) in [5.41, 5.74) is 1.81. The average molecular weight is 325 g/mol. The third-order valence-corrected chi connectivity index (χ3v) is 3.94. The van der Waals surface area contributed by atoms with Crippen molar-refractivity contribution >= 4 is 11.9 Å². The van der Waals surface area contributed by atoms with Crippen molar-refractivity contribution in [3.63, 3.8) is 0 Å². The number of amides is 1. The van der Waals surface area contributed by atoms with Gasteiger partial charge in [0.05, 0.1) is 6.54 Å². The Kier molecular flexibility index (Phi) is 4.91. The molecule has 5 heteroatoms. The number of hydroxylamine groups is 2. The van der Waals surface area contributed by atoms with E-state index in [2.05, 4.69) is 0 Å². The predicted molar refractivity (Wildman–Crippen MR) is 87.4 cm³/mol. The second kappa shape index (κ2) is 7.27. The summed E-state index contributed by atoms with van der Waals surface area (Å²) < 4.78 is 5.38. The number of β-lactam (4-membered cyclic amide) rings is 1. The minimum Gasteiger partial charge on any atom is -0.457 e. The number of hydrogen-bond acceptors (Lipinski definition) is 4. The molecular weight excluding hydrogens is 306 g/mol. The maximum Gasteiger partial charge on any atom is 0.303 e. The summed E-state index contributed by atoms with van der Waals surface area (Å²) in [6.07, 6.45) is -0.576. The van der Waals surface area contributed by atoms with E-state index in [0.717, 1.165) is 11.1 Å². The molecule has 0 bridgehead atoms. The van der Waals surface area contributed by atoms with Crippen molar-refractivity contribution in [2.75, 3.05) is 6.54 Å². The molecular formula is C19H19NO4. The molecule has 1 heterocycles. The molecule has 1 aliphatic heterocycles. The second-order valence-electron chi connectivity index (χ2n) is 5.71. The molecule has 1 fully saturated rings. The number of ether oxygens (including phenoxy) is 1. The molecule has 2 aromatic rings. The normalized spacial score (nSPS) is 18.0. The standard InChI is InChI=1S/C19H19NO4/c1-14(21)24-18(16-10-6-3-7-11-16)17-12-20(19(17)22)23-13-15-8-4-2-5-9-15/h2-11,17-18H,12-13H2,1H3/t17-,18+/m0/s1. The third kappa shape index (κ3) is 3.63. The van der Waals surface area contributed by atoms with Crippen LogP contribution in [0.3, 0.4) is 0 Å². The van der Waals surface area contributed by atoms with Crippen molar-refractivity contribution in [3.05, 3.63) is 71.8 Å². The van der Waals surface area contributed by atoms with Crippen LogP contribution < -0.4 is 0 Å². The Labute approximate surface area is 140 Å². The number of nitrogens with zero attached hydrogens (tertiary/aromatic N) is 1. The van der Waals surface area contributed by atoms with Crippen LogP contribution in [0.4, 0.5) is 0 Å². The van der Waals surface area contributed by atoms with Gasteiger partial charge in [-0.15, -0.1) is 0 Å². The van der Waals surface area contributed by atoms with Crippen LogP contribution in [0.5, 0.6) is 0 Å². The molecule has 2 aromatic carbocycles. The Balaban J connectivity index is 1.62. The van der Waals surface area contributed by atoms with Gasteiger partial charge in [0.15, 0.2) is 0 Å². The summed E-state index contributed by atoms with van der Waals surface area (Å²) in [7, 11) is 0. The van der Waals surface area contributed by atoms with Crippen LogP contribution >= 0.6 is 0 Å². The molecule has 0 aliphatic carbocycles. The molecule has 124 valence electrons. The zero-order valence-electron chi connectivity index (χ0n) is 13.4. The van der Waals surface area contributed by atoms with Gasteiger partial charge in [0.25, 0.3) is 5.91 Å². The molecule has 3 rings (SSSR count). The molecule has 0 unspecified atom stereocenters. The maximum absolute atomic E-state index is 12.4. The maximum atomic E-state index is 12.4. The molecule has 2 atom stereocenters. The molecule has 0 radical (unpaired) electrons. The molecule has 0 saturated carbocycles. The highest BCUT2D eigenvalue weighted by Gasteiger charge is 2.45. The zero-order chi connectivity index (χ0) is 16.9. The summed E-state index contributed by atoms with van der Waals surface area (Å²) in [6, 6.07) is 19.0. The third-order valence-electron chi connectivity index (χ3n) is 3.94. The van der Waals surface area contributed by atoms with Crippen LogP contribution in [-0.2, 0) is 25.8 Å². The van der Waals surface area contributed by atoms with Crippen LogP contribution in [0, 0.1) is 5.92 Å². The number of carbonyl (C=O) groups excluding carboxylic acids is 2. The zero-order valence-corrected chi connectivity index (χ0v) is 13.4. The summed E-state index contributed by atoms with van der Waals surface area (Å²) >= 11 is 0. The summed E-state index contributed by atoms with van der Waals surface area (Å²) in [6.45, 7) is 2.09. The Hall–Kier alpha value is -2.66. The van der Waals surface area contributed by atoms with E-state index < -0.39 is 18.0 Å². The topological polar surface area (TPSA) is 55.8 Å². The lowest BCUT2D eigenvalue weighted by molar-refractivity contribution is -0.235. The molecule has 1 aliphatic rings. The molecule has 5 nitrogen and oxygen atoms in total. The van der Waals surface area contributed by atoms with Gasteiger partial charge in [-0.3, -0.25) is 14.4 Å². The van der Waals surface area contributed by atoms with E-state index in [0.29, 0.717) is 13.2 Å². The van der Waals surface area contributed by atoms with Crippen molar-refractivity contribution in [3.8, 4) is 0 Å². The molecule has 1 amide bonds. The smallest absolute Gasteiger partial charge is 0.303 e. The van der Waals surface area contributed by atoms with Gasteiger partial charge in [-0.25, -0.2) is 5.06 Å². The first-order chi connectivity index (χ1) is 11.6. The monoisotopic (exact) mass is 325 g/mol. The highest BCUT2D eigenvalue weighted by atomic mass is 16.7. The first-order valence-corrected chi connectivity index (χ1v) is 7.85. The molecule has 0 N–H and O–H groups in total. The van der Waals surface area contributed by atoms with Gasteiger partial charge < -0.3 is 4.74 Å². The van der Waals surface area contributed by atoms with E-state index in [1.807, 2.05) is 60.7 Å². The van der Waals surface area contributed by atoms with E-state index >= 15 is 0 Å². The summed E-state index contributed by atoms with van der Waals surface area (Å²) in [5.74, 6) is -0.978. The molecule has 24 heavy (non-hydrogen) atoms. The van der Waals surface area contributed by atoms with Gasteiger partial charge in [0.1, 0.15) is 18.6 Å². The first kappa shape index (κ1) is 16.2.